The minimum atomic E-state index is 0.288. The molecule has 8 nitrogen and oxygen atoms in total. The predicted octanol–water partition coefficient (Wildman–Crippen LogP) is 3.03. The summed E-state index contributed by atoms with van der Waals surface area (Å²) < 4.78 is 1.78. The van der Waals surface area contributed by atoms with E-state index in [1.807, 2.05) is 31.4 Å². The zero-order valence-corrected chi connectivity index (χ0v) is 16.5. The molecule has 1 aliphatic rings. The van der Waals surface area contributed by atoms with Crippen LogP contribution in [0, 0.1) is 11.3 Å². The van der Waals surface area contributed by atoms with E-state index < -0.39 is 0 Å². The van der Waals surface area contributed by atoms with Crippen LogP contribution in [-0.4, -0.2) is 37.9 Å². The highest BCUT2D eigenvalue weighted by Gasteiger charge is 2.30. The van der Waals surface area contributed by atoms with Crippen LogP contribution >= 0.6 is 11.3 Å². The van der Waals surface area contributed by atoms with Gasteiger partial charge in [-0.05, 0) is 37.1 Å². The molecule has 1 saturated carbocycles. The topological polar surface area (TPSA) is 118 Å². The zero-order chi connectivity index (χ0) is 20.0. The Bertz CT molecular complexity index is 1250. The largest absolute Gasteiger partial charge is 0.387 e. The maximum absolute atomic E-state index is 9.06. The van der Waals surface area contributed by atoms with Gasteiger partial charge in [0, 0.05) is 30.9 Å². The Hall–Kier alpha value is -3.35. The SMILES string of the molecule is CNc1cc(-c2ccc3cc(C#N)cnn23)ncc1-c1nnc(C2CC(N)C2)s1. The average molecular weight is 402 g/mol. The lowest BCUT2D eigenvalue weighted by Gasteiger charge is -2.30. The number of rotatable bonds is 4. The summed E-state index contributed by atoms with van der Waals surface area (Å²) in [5.41, 5.74) is 10.8. The Kier molecular flexibility index (Phi) is 4.23. The quantitative estimate of drug-likeness (QED) is 0.538. The molecule has 0 aliphatic heterocycles. The highest BCUT2D eigenvalue weighted by atomic mass is 32.1. The molecule has 29 heavy (non-hydrogen) atoms. The van der Waals surface area contributed by atoms with Crippen molar-refractivity contribution in [1.29, 1.82) is 5.26 Å². The number of nitrogens with zero attached hydrogens (tertiary/aromatic N) is 6. The van der Waals surface area contributed by atoms with Crippen LogP contribution in [0.15, 0.2) is 36.7 Å². The van der Waals surface area contributed by atoms with E-state index in [0.29, 0.717) is 11.5 Å². The van der Waals surface area contributed by atoms with Crippen LogP contribution in [0.3, 0.4) is 0 Å². The number of hydrogen-bond donors (Lipinski definition) is 2. The monoisotopic (exact) mass is 402 g/mol. The Labute approximate surface area is 171 Å². The smallest absolute Gasteiger partial charge is 0.151 e. The Morgan fingerprint density at radius 1 is 1.24 bits per heavy atom. The van der Waals surface area contributed by atoms with E-state index in [0.717, 1.165) is 51.0 Å². The first-order valence-electron chi connectivity index (χ1n) is 9.31. The van der Waals surface area contributed by atoms with Gasteiger partial charge >= 0.3 is 0 Å². The fraction of sp³-hybridized carbons (Fsp3) is 0.250. The third-order valence-electron chi connectivity index (χ3n) is 5.26. The van der Waals surface area contributed by atoms with Crippen molar-refractivity contribution in [3.05, 3.63) is 47.2 Å². The molecule has 0 aromatic carbocycles. The number of pyridine rings is 1. The first kappa shape index (κ1) is 17.7. The molecule has 144 valence electrons. The van der Waals surface area contributed by atoms with Crippen molar-refractivity contribution in [1.82, 2.24) is 24.8 Å². The minimum Gasteiger partial charge on any atom is -0.387 e. The number of nitrogens with two attached hydrogens (primary N) is 1. The standard InChI is InChI=1S/C20H18N8S/c1-23-16-7-17(18-3-2-14-4-11(8-21)9-25-28(14)18)24-10-15(16)20-27-26-19(29-20)12-5-13(22)6-12/h2-4,7,9-10,12-13H,5-6,22H2,1H3,(H,23,24). The van der Waals surface area contributed by atoms with Gasteiger partial charge in [-0.15, -0.1) is 10.2 Å². The van der Waals surface area contributed by atoms with E-state index in [1.54, 1.807) is 28.1 Å². The van der Waals surface area contributed by atoms with Gasteiger partial charge in [-0.2, -0.15) is 10.4 Å². The molecule has 4 aromatic heterocycles. The molecule has 0 radical (unpaired) electrons. The number of fused-ring (bicyclic) bond motifs is 1. The van der Waals surface area contributed by atoms with E-state index in [2.05, 4.69) is 31.7 Å². The zero-order valence-electron chi connectivity index (χ0n) is 15.7. The fourth-order valence-corrected chi connectivity index (χ4v) is 4.59. The minimum absolute atomic E-state index is 0.288. The fourth-order valence-electron chi connectivity index (χ4n) is 3.60. The summed E-state index contributed by atoms with van der Waals surface area (Å²) >= 11 is 1.61. The van der Waals surface area contributed by atoms with E-state index >= 15 is 0 Å². The summed E-state index contributed by atoms with van der Waals surface area (Å²) in [7, 11) is 1.88. The third-order valence-corrected chi connectivity index (χ3v) is 6.38. The van der Waals surface area contributed by atoms with Gasteiger partial charge in [0.1, 0.15) is 11.1 Å². The second-order valence-corrected chi connectivity index (χ2v) is 8.16. The highest BCUT2D eigenvalue weighted by molar-refractivity contribution is 7.14. The second-order valence-electron chi connectivity index (χ2n) is 7.15. The summed E-state index contributed by atoms with van der Waals surface area (Å²) in [5, 5.41) is 27.3. The third kappa shape index (κ3) is 3.03. The summed E-state index contributed by atoms with van der Waals surface area (Å²) in [5.74, 6) is 0.429. The number of anilines is 1. The molecular formula is C20H18N8S. The van der Waals surface area contributed by atoms with E-state index in [-0.39, 0.29) is 6.04 Å². The lowest BCUT2D eigenvalue weighted by Crippen LogP contribution is -2.34. The summed E-state index contributed by atoms with van der Waals surface area (Å²) in [6.45, 7) is 0. The van der Waals surface area contributed by atoms with Crippen LogP contribution in [0.5, 0.6) is 0 Å². The van der Waals surface area contributed by atoms with Crippen LogP contribution in [0.1, 0.15) is 29.3 Å². The van der Waals surface area contributed by atoms with Crippen molar-refractivity contribution in [2.45, 2.75) is 24.8 Å². The molecule has 0 unspecified atom stereocenters. The second kappa shape index (κ2) is 6.92. The van der Waals surface area contributed by atoms with Crippen LogP contribution < -0.4 is 11.1 Å². The number of nitriles is 1. The lowest BCUT2D eigenvalue weighted by atomic mass is 9.81. The van der Waals surface area contributed by atoms with Crippen molar-refractivity contribution in [2.24, 2.45) is 5.73 Å². The van der Waals surface area contributed by atoms with Gasteiger partial charge in [-0.1, -0.05) is 11.3 Å². The number of aromatic nitrogens is 5. The molecule has 4 heterocycles. The summed E-state index contributed by atoms with van der Waals surface area (Å²) in [6, 6.07) is 10.1. The lowest BCUT2D eigenvalue weighted by molar-refractivity contribution is 0.349. The maximum atomic E-state index is 9.06. The van der Waals surface area contributed by atoms with Crippen LogP contribution in [0.25, 0.3) is 27.5 Å². The molecule has 0 saturated heterocycles. The van der Waals surface area contributed by atoms with E-state index in [9.17, 15) is 0 Å². The van der Waals surface area contributed by atoms with Gasteiger partial charge in [0.05, 0.1) is 34.2 Å². The molecule has 0 bridgehead atoms. The van der Waals surface area contributed by atoms with Crippen LogP contribution in [-0.2, 0) is 0 Å². The predicted molar refractivity (Wildman–Crippen MR) is 112 cm³/mol. The van der Waals surface area contributed by atoms with Crippen LogP contribution in [0.4, 0.5) is 5.69 Å². The first-order valence-corrected chi connectivity index (χ1v) is 10.1. The highest BCUT2D eigenvalue weighted by Crippen LogP contribution is 2.40. The number of nitrogens with one attached hydrogen (secondary N) is 1. The van der Waals surface area contributed by atoms with Gasteiger partial charge in [0.15, 0.2) is 5.01 Å². The Morgan fingerprint density at radius 2 is 2.10 bits per heavy atom. The van der Waals surface area contributed by atoms with Gasteiger partial charge in [-0.25, -0.2) is 4.52 Å². The van der Waals surface area contributed by atoms with Crippen molar-refractivity contribution >= 4 is 22.5 Å². The van der Waals surface area contributed by atoms with E-state index in [1.165, 1.54) is 0 Å². The van der Waals surface area contributed by atoms with Gasteiger partial charge in [0.2, 0.25) is 0 Å². The normalized spacial score (nSPS) is 18.4. The first-order chi connectivity index (χ1) is 14.2. The maximum Gasteiger partial charge on any atom is 0.151 e. The van der Waals surface area contributed by atoms with Crippen molar-refractivity contribution in [3.8, 4) is 28.0 Å². The molecule has 0 atom stereocenters. The molecule has 5 rings (SSSR count). The number of hydrogen-bond acceptors (Lipinski definition) is 8. The Morgan fingerprint density at radius 3 is 2.86 bits per heavy atom. The molecule has 9 heteroatoms. The van der Waals surface area contributed by atoms with Crippen molar-refractivity contribution < 1.29 is 0 Å². The summed E-state index contributed by atoms with van der Waals surface area (Å²) in [6.07, 6.45) is 5.33. The van der Waals surface area contributed by atoms with Crippen molar-refractivity contribution in [2.75, 3.05) is 12.4 Å². The van der Waals surface area contributed by atoms with Gasteiger partial charge < -0.3 is 11.1 Å². The molecule has 4 aromatic rings. The van der Waals surface area contributed by atoms with Gasteiger partial charge in [-0.3, -0.25) is 4.98 Å². The molecule has 0 spiro atoms. The Balaban J connectivity index is 1.51. The van der Waals surface area contributed by atoms with Crippen LogP contribution in [0.2, 0.25) is 0 Å². The summed E-state index contributed by atoms with van der Waals surface area (Å²) in [4.78, 5) is 4.65. The van der Waals surface area contributed by atoms with Crippen molar-refractivity contribution in [3.63, 3.8) is 0 Å². The molecule has 1 aliphatic carbocycles. The molecular weight excluding hydrogens is 384 g/mol. The van der Waals surface area contributed by atoms with E-state index in [4.69, 9.17) is 11.0 Å². The molecule has 0 amide bonds. The average Bonchev–Trinajstić information content (AvgIpc) is 3.37. The molecule has 3 N–H and O–H groups in total. The van der Waals surface area contributed by atoms with Gasteiger partial charge in [0.25, 0.3) is 0 Å². The molecule has 1 fully saturated rings.